The lowest BCUT2D eigenvalue weighted by Crippen LogP contribution is -2.31. The van der Waals surface area contributed by atoms with Crippen molar-refractivity contribution in [2.24, 2.45) is 5.41 Å². The normalized spacial score (nSPS) is 23.1. The number of hydrogen-bond donors (Lipinski definition) is 1. The molecule has 1 aliphatic rings. The molecule has 1 saturated carbocycles. The maximum atomic E-state index is 12.4. The summed E-state index contributed by atoms with van der Waals surface area (Å²) < 4.78 is 37.2. The fourth-order valence-corrected chi connectivity index (χ4v) is 2.42. The first-order chi connectivity index (χ1) is 8.29. The molecule has 1 fully saturated rings. The van der Waals surface area contributed by atoms with Crippen LogP contribution < -0.4 is 5.32 Å². The van der Waals surface area contributed by atoms with Gasteiger partial charge < -0.3 is 5.32 Å². The molecule has 0 saturated heterocycles. The molecule has 1 heterocycles. The van der Waals surface area contributed by atoms with E-state index in [1.807, 2.05) is 0 Å². The average Bonchev–Trinajstić information content (AvgIpc) is 2.58. The van der Waals surface area contributed by atoms with Crippen LogP contribution in [0.1, 0.15) is 38.7 Å². The van der Waals surface area contributed by atoms with Crippen LogP contribution in [0, 0.1) is 5.41 Å². The molecule has 18 heavy (non-hydrogen) atoms. The van der Waals surface area contributed by atoms with Crippen LogP contribution in [0.4, 0.5) is 19.0 Å². The van der Waals surface area contributed by atoms with Gasteiger partial charge >= 0.3 is 6.18 Å². The van der Waals surface area contributed by atoms with Crippen molar-refractivity contribution in [3.8, 4) is 0 Å². The Kier molecular flexibility index (Phi) is 3.25. The molecule has 0 aliphatic heterocycles. The van der Waals surface area contributed by atoms with Crippen molar-refractivity contribution in [3.63, 3.8) is 0 Å². The molecule has 1 aromatic rings. The van der Waals surface area contributed by atoms with Gasteiger partial charge in [-0.1, -0.05) is 20.3 Å². The fraction of sp³-hybridized carbons (Fsp3) is 0.615. The number of alkyl halides is 3. The van der Waals surface area contributed by atoms with Crippen LogP contribution in [-0.2, 0) is 6.18 Å². The van der Waals surface area contributed by atoms with Crippen LogP contribution in [-0.4, -0.2) is 11.0 Å². The van der Waals surface area contributed by atoms with E-state index in [4.69, 9.17) is 0 Å². The van der Waals surface area contributed by atoms with E-state index in [9.17, 15) is 13.2 Å². The number of nitrogens with zero attached hydrogens (tertiary/aromatic N) is 1. The third kappa shape index (κ3) is 2.76. The third-order valence-corrected chi connectivity index (χ3v) is 3.67. The minimum atomic E-state index is -4.32. The largest absolute Gasteiger partial charge is 0.417 e. The minimum absolute atomic E-state index is 0.171. The second-order valence-electron chi connectivity index (χ2n) is 5.51. The highest BCUT2D eigenvalue weighted by atomic mass is 19.4. The highest BCUT2D eigenvalue weighted by molar-refractivity contribution is 5.38. The van der Waals surface area contributed by atoms with Gasteiger partial charge in [0.2, 0.25) is 0 Å². The molecule has 0 aromatic carbocycles. The number of pyridine rings is 1. The maximum absolute atomic E-state index is 12.4. The summed E-state index contributed by atoms with van der Waals surface area (Å²) in [6, 6.07) is 2.75. The highest BCUT2D eigenvalue weighted by Gasteiger charge is 2.35. The molecule has 1 unspecified atom stereocenters. The molecule has 0 amide bonds. The maximum Gasteiger partial charge on any atom is 0.417 e. The number of hydrogen-bond acceptors (Lipinski definition) is 2. The zero-order valence-corrected chi connectivity index (χ0v) is 10.5. The molecule has 2 nitrogen and oxygen atoms in total. The van der Waals surface area contributed by atoms with E-state index in [1.165, 1.54) is 6.07 Å². The number of nitrogens with one attached hydrogen (secondary N) is 1. The Morgan fingerprint density at radius 2 is 2.06 bits per heavy atom. The Morgan fingerprint density at radius 3 is 2.50 bits per heavy atom. The molecule has 0 radical (unpaired) electrons. The standard InChI is InChI=1S/C13H17F3N2/c1-12(2)7-3-4-10(12)18-11-6-5-9(8-17-11)13(14,15)16/h5-6,8,10H,3-4,7H2,1-2H3,(H,17,18). The zero-order valence-electron chi connectivity index (χ0n) is 10.5. The lowest BCUT2D eigenvalue weighted by Gasteiger charge is -2.28. The summed E-state index contributed by atoms with van der Waals surface area (Å²) in [6.45, 7) is 4.34. The van der Waals surface area contributed by atoms with Crippen molar-refractivity contribution in [2.45, 2.75) is 45.3 Å². The monoisotopic (exact) mass is 258 g/mol. The quantitative estimate of drug-likeness (QED) is 0.864. The summed E-state index contributed by atoms with van der Waals surface area (Å²) in [5.41, 5.74) is -0.538. The van der Waals surface area contributed by atoms with Crippen molar-refractivity contribution < 1.29 is 13.2 Å². The van der Waals surface area contributed by atoms with Crippen LogP contribution in [0.25, 0.3) is 0 Å². The summed E-state index contributed by atoms with van der Waals surface area (Å²) in [7, 11) is 0. The van der Waals surface area contributed by atoms with Crippen molar-refractivity contribution in [2.75, 3.05) is 5.32 Å². The molecule has 5 heteroatoms. The topological polar surface area (TPSA) is 24.9 Å². The van der Waals surface area contributed by atoms with Crippen LogP contribution >= 0.6 is 0 Å². The second kappa shape index (κ2) is 4.44. The summed E-state index contributed by atoms with van der Waals surface area (Å²) in [5.74, 6) is 0.517. The SMILES string of the molecule is CC1(C)CCCC1Nc1ccc(C(F)(F)F)cn1. The Morgan fingerprint density at radius 1 is 1.33 bits per heavy atom. The molecule has 1 aromatic heterocycles. The summed E-state index contributed by atoms with van der Waals surface area (Å²) >= 11 is 0. The van der Waals surface area contributed by atoms with Gasteiger partial charge in [-0.15, -0.1) is 0 Å². The molecule has 2 rings (SSSR count). The molecule has 0 spiro atoms. The van der Waals surface area contributed by atoms with E-state index in [0.29, 0.717) is 5.82 Å². The van der Waals surface area contributed by atoms with Gasteiger partial charge in [0.25, 0.3) is 0 Å². The number of anilines is 1. The van der Waals surface area contributed by atoms with Crippen LogP contribution in [0.5, 0.6) is 0 Å². The first-order valence-corrected chi connectivity index (χ1v) is 6.09. The average molecular weight is 258 g/mol. The van der Waals surface area contributed by atoms with Crippen molar-refractivity contribution in [1.29, 1.82) is 0 Å². The Hall–Kier alpha value is -1.26. The molecule has 1 atom stereocenters. The van der Waals surface area contributed by atoms with Gasteiger partial charge in [-0.05, 0) is 30.4 Å². The number of halogens is 3. The van der Waals surface area contributed by atoms with Crippen molar-refractivity contribution in [3.05, 3.63) is 23.9 Å². The molecular weight excluding hydrogens is 241 g/mol. The Labute approximate surface area is 105 Å². The van der Waals surface area contributed by atoms with E-state index in [1.54, 1.807) is 0 Å². The van der Waals surface area contributed by atoms with Crippen LogP contribution in [0.3, 0.4) is 0 Å². The Bertz CT molecular complexity index is 409. The second-order valence-corrected chi connectivity index (χ2v) is 5.51. The van der Waals surface area contributed by atoms with E-state index in [-0.39, 0.29) is 11.5 Å². The molecule has 1 aliphatic carbocycles. The van der Waals surface area contributed by atoms with Gasteiger partial charge in [0.15, 0.2) is 0 Å². The third-order valence-electron chi connectivity index (χ3n) is 3.67. The lowest BCUT2D eigenvalue weighted by molar-refractivity contribution is -0.137. The first-order valence-electron chi connectivity index (χ1n) is 6.09. The Balaban J connectivity index is 2.07. The van der Waals surface area contributed by atoms with Crippen molar-refractivity contribution in [1.82, 2.24) is 4.98 Å². The van der Waals surface area contributed by atoms with Gasteiger partial charge in [-0.3, -0.25) is 0 Å². The zero-order chi connectivity index (χ0) is 13.4. The lowest BCUT2D eigenvalue weighted by atomic mass is 9.87. The first kappa shape index (κ1) is 13.2. The summed E-state index contributed by atoms with van der Waals surface area (Å²) in [5, 5.41) is 3.23. The van der Waals surface area contributed by atoms with Gasteiger partial charge in [-0.2, -0.15) is 13.2 Å². The molecular formula is C13H17F3N2. The number of aromatic nitrogens is 1. The van der Waals surface area contributed by atoms with Gasteiger partial charge in [-0.25, -0.2) is 4.98 Å². The predicted molar refractivity (Wildman–Crippen MR) is 64.3 cm³/mol. The van der Waals surface area contributed by atoms with Gasteiger partial charge in [0.1, 0.15) is 5.82 Å². The van der Waals surface area contributed by atoms with E-state index in [0.717, 1.165) is 31.5 Å². The predicted octanol–water partition coefficient (Wildman–Crippen LogP) is 4.09. The minimum Gasteiger partial charge on any atom is -0.367 e. The van der Waals surface area contributed by atoms with Gasteiger partial charge in [0.05, 0.1) is 5.56 Å². The van der Waals surface area contributed by atoms with Gasteiger partial charge in [0, 0.05) is 12.2 Å². The summed E-state index contributed by atoms with van der Waals surface area (Å²) in [6.07, 6.45) is -0.130. The van der Waals surface area contributed by atoms with Crippen LogP contribution in [0.15, 0.2) is 18.3 Å². The fourth-order valence-electron chi connectivity index (χ4n) is 2.42. The van der Waals surface area contributed by atoms with E-state index >= 15 is 0 Å². The molecule has 100 valence electrons. The van der Waals surface area contributed by atoms with Crippen LogP contribution in [0.2, 0.25) is 0 Å². The summed E-state index contributed by atoms with van der Waals surface area (Å²) in [4.78, 5) is 3.84. The molecule has 1 N–H and O–H groups in total. The van der Waals surface area contributed by atoms with E-state index < -0.39 is 11.7 Å². The van der Waals surface area contributed by atoms with Crippen molar-refractivity contribution >= 4 is 5.82 Å². The van der Waals surface area contributed by atoms with E-state index in [2.05, 4.69) is 24.1 Å². The number of rotatable bonds is 2. The molecule has 0 bridgehead atoms. The smallest absolute Gasteiger partial charge is 0.367 e. The highest BCUT2D eigenvalue weighted by Crippen LogP contribution is 2.39.